The summed E-state index contributed by atoms with van der Waals surface area (Å²) < 4.78 is 10.6. The molecule has 0 saturated carbocycles. The highest BCUT2D eigenvalue weighted by atomic mass is 16.5. The van der Waals surface area contributed by atoms with Crippen LogP contribution in [0.25, 0.3) is 0 Å². The third-order valence-electron chi connectivity index (χ3n) is 3.60. The van der Waals surface area contributed by atoms with E-state index < -0.39 is 5.97 Å². The molecule has 0 radical (unpaired) electrons. The lowest BCUT2D eigenvalue weighted by molar-refractivity contribution is -0.00434. The number of carboxylic acid groups (broad SMARTS) is 1. The summed E-state index contributed by atoms with van der Waals surface area (Å²) in [5.74, 6) is -1.74. The van der Waals surface area contributed by atoms with Gasteiger partial charge in [0.15, 0.2) is 5.76 Å². The first-order valence-corrected chi connectivity index (χ1v) is 6.93. The van der Waals surface area contributed by atoms with Crippen LogP contribution in [-0.4, -0.2) is 41.6 Å². The fourth-order valence-corrected chi connectivity index (χ4v) is 2.51. The van der Waals surface area contributed by atoms with E-state index in [1.54, 1.807) is 4.90 Å². The van der Waals surface area contributed by atoms with E-state index in [0.717, 1.165) is 5.56 Å². The standard InChI is InChI=1S/C16H15NO5/c18-15(13-6-7-14(22-13)16(19)20)17-8-9-21-10-12(17)11-4-2-1-3-5-11/h1-7,12H,8-10H2,(H,19,20). The van der Waals surface area contributed by atoms with Gasteiger partial charge in [0.1, 0.15) is 0 Å². The Balaban J connectivity index is 1.86. The van der Waals surface area contributed by atoms with Crippen LogP contribution in [0, 0.1) is 0 Å². The predicted octanol–water partition coefficient (Wildman–Crippen LogP) is 2.19. The molecule has 1 aliphatic rings. The minimum atomic E-state index is -1.19. The normalized spacial score (nSPS) is 18.2. The van der Waals surface area contributed by atoms with Crippen molar-refractivity contribution in [1.82, 2.24) is 4.90 Å². The Hall–Kier alpha value is -2.60. The molecular formula is C16H15NO5. The highest BCUT2D eigenvalue weighted by molar-refractivity contribution is 5.93. The molecule has 6 heteroatoms. The molecule has 0 bridgehead atoms. The first-order valence-electron chi connectivity index (χ1n) is 6.93. The second kappa shape index (κ2) is 6.03. The van der Waals surface area contributed by atoms with Crippen LogP contribution in [0.3, 0.4) is 0 Å². The lowest BCUT2D eigenvalue weighted by Gasteiger charge is -2.35. The van der Waals surface area contributed by atoms with Gasteiger partial charge in [-0.05, 0) is 17.7 Å². The summed E-state index contributed by atoms with van der Waals surface area (Å²) in [6.45, 7) is 1.28. The molecule has 114 valence electrons. The van der Waals surface area contributed by atoms with Gasteiger partial charge >= 0.3 is 5.97 Å². The van der Waals surface area contributed by atoms with Gasteiger partial charge in [0.2, 0.25) is 5.76 Å². The molecule has 1 aromatic carbocycles. The van der Waals surface area contributed by atoms with Crippen molar-refractivity contribution in [2.24, 2.45) is 0 Å². The number of ether oxygens (including phenoxy) is 1. The smallest absolute Gasteiger partial charge is 0.371 e. The van der Waals surface area contributed by atoms with Gasteiger partial charge in [0.05, 0.1) is 19.3 Å². The van der Waals surface area contributed by atoms with Crippen LogP contribution >= 0.6 is 0 Å². The Bertz CT molecular complexity index is 679. The van der Waals surface area contributed by atoms with Crippen molar-refractivity contribution in [3.05, 3.63) is 59.5 Å². The number of hydrogen-bond donors (Lipinski definition) is 1. The molecule has 0 aliphatic carbocycles. The molecular weight excluding hydrogens is 286 g/mol. The zero-order valence-electron chi connectivity index (χ0n) is 11.8. The van der Waals surface area contributed by atoms with Crippen LogP contribution in [0.15, 0.2) is 46.9 Å². The molecule has 1 aromatic heterocycles. The van der Waals surface area contributed by atoms with Gasteiger partial charge in [-0.3, -0.25) is 4.79 Å². The maximum absolute atomic E-state index is 12.6. The van der Waals surface area contributed by atoms with Gasteiger partial charge in [0.25, 0.3) is 5.91 Å². The number of carbonyl (C=O) groups is 2. The van der Waals surface area contributed by atoms with Crippen LogP contribution in [-0.2, 0) is 4.74 Å². The molecule has 1 saturated heterocycles. The molecule has 0 spiro atoms. The number of amides is 1. The molecule has 2 aromatic rings. The zero-order valence-corrected chi connectivity index (χ0v) is 11.8. The molecule has 1 fully saturated rings. The third-order valence-corrected chi connectivity index (χ3v) is 3.60. The Morgan fingerprint density at radius 3 is 2.50 bits per heavy atom. The summed E-state index contributed by atoms with van der Waals surface area (Å²) in [6, 6.07) is 12.1. The summed E-state index contributed by atoms with van der Waals surface area (Å²) in [7, 11) is 0. The fourth-order valence-electron chi connectivity index (χ4n) is 2.51. The molecule has 1 N–H and O–H groups in total. The predicted molar refractivity (Wildman–Crippen MR) is 76.7 cm³/mol. The van der Waals surface area contributed by atoms with Crippen molar-refractivity contribution in [1.29, 1.82) is 0 Å². The number of benzene rings is 1. The SMILES string of the molecule is O=C(O)c1ccc(C(=O)N2CCOCC2c2ccccc2)o1. The van der Waals surface area contributed by atoms with Crippen molar-refractivity contribution in [2.75, 3.05) is 19.8 Å². The summed E-state index contributed by atoms with van der Waals surface area (Å²) in [5, 5.41) is 8.88. The summed E-state index contributed by atoms with van der Waals surface area (Å²) in [6.07, 6.45) is 0. The van der Waals surface area contributed by atoms with Crippen LogP contribution in [0.5, 0.6) is 0 Å². The fraction of sp³-hybridized carbons (Fsp3) is 0.250. The molecule has 1 aliphatic heterocycles. The highest BCUT2D eigenvalue weighted by Crippen LogP contribution is 2.26. The van der Waals surface area contributed by atoms with Crippen molar-refractivity contribution < 1.29 is 23.8 Å². The lowest BCUT2D eigenvalue weighted by Crippen LogP contribution is -2.43. The quantitative estimate of drug-likeness (QED) is 0.940. The molecule has 1 amide bonds. The van der Waals surface area contributed by atoms with E-state index in [-0.39, 0.29) is 23.5 Å². The average Bonchev–Trinajstić information content (AvgIpc) is 3.05. The molecule has 3 rings (SSSR count). The number of furan rings is 1. The highest BCUT2D eigenvalue weighted by Gasteiger charge is 2.31. The molecule has 1 unspecified atom stereocenters. The second-order valence-corrected chi connectivity index (χ2v) is 4.97. The Labute approximate surface area is 126 Å². The first kappa shape index (κ1) is 14.3. The molecule has 1 atom stereocenters. The average molecular weight is 301 g/mol. The topological polar surface area (TPSA) is 80.0 Å². The number of rotatable bonds is 3. The van der Waals surface area contributed by atoms with E-state index in [1.807, 2.05) is 30.3 Å². The molecule has 22 heavy (non-hydrogen) atoms. The first-order chi connectivity index (χ1) is 10.7. The minimum absolute atomic E-state index is 0.0280. The number of nitrogens with zero attached hydrogens (tertiary/aromatic N) is 1. The van der Waals surface area contributed by atoms with E-state index in [2.05, 4.69) is 0 Å². The van der Waals surface area contributed by atoms with Crippen LogP contribution in [0.1, 0.15) is 32.7 Å². The molecule has 6 nitrogen and oxygen atoms in total. The van der Waals surface area contributed by atoms with Crippen LogP contribution in [0.4, 0.5) is 0 Å². The van der Waals surface area contributed by atoms with Crippen molar-refractivity contribution in [3.63, 3.8) is 0 Å². The maximum atomic E-state index is 12.6. The largest absolute Gasteiger partial charge is 0.475 e. The van der Waals surface area contributed by atoms with E-state index in [1.165, 1.54) is 12.1 Å². The number of carboxylic acids is 1. The second-order valence-electron chi connectivity index (χ2n) is 4.97. The number of aromatic carboxylic acids is 1. The lowest BCUT2D eigenvalue weighted by atomic mass is 10.0. The Kier molecular flexibility index (Phi) is 3.93. The van der Waals surface area contributed by atoms with Gasteiger partial charge in [-0.25, -0.2) is 4.79 Å². The van der Waals surface area contributed by atoms with Crippen molar-refractivity contribution in [2.45, 2.75) is 6.04 Å². The monoisotopic (exact) mass is 301 g/mol. The minimum Gasteiger partial charge on any atom is -0.475 e. The van der Waals surface area contributed by atoms with Crippen molar-refractivity contribution in [3.8, 4) is 0 Å². The van der Waals surface area contributed by atoms with Gasteiger partial charge in [-0.1, -0.05) is 30.3 Å². The number of hydrogen-bond acceptors (Lipinski definition) is 4. The zero-order chi connectivity index (χ0) is 15.5. The third kappa shape index (κ3) is 2.73. The van der Waals surface area contributed by atoms with E-state index in [0.29, 0.717) is 19.8 Å². The number of morpholine rings is 1. The van der Waals surface area contributed by atoms with Crippen LogP contribution in [0.2, 0.25) is 0 Å². The van der Waals surface area contributed by atoms with Gasteiger partial charge in [-0.2, -0.15) is 0 Å². The van der Waals surface area contributed by atoms with Gasteiger partial charge in [0, 0.05) is 6.54 Å². The number of carbonyl (C=O) groups excluding carboxylic acids is 1. The maximum Gasteiger partial charge on any atom is 0.371 e. The van der Waals surface area contributed by atoms with Gasteiger partial charge < -0.3 is 19.2 Å². The Morgan fingerprint density at radius 1 is 1.09 bits per heavy atom. The van der Waals surface area contributed by atoms with Crippen LogP contribution < -0.4 is 0 Å². The van der Waals surface area contributed by atoms with Crippen molar-refractivity contribution >= 4 is 11.9 Å². The summed E-state index contributed by atoms with van der Waals surface area (Å²) >= 11 is 0. The van der Waals surface area contributed by atoms with E-state index in [4.69, 9.17) is 14.3 Å². The van der Waals surface area contributed by atoms with Gasteiger partial charge in [-0.15, -0.1) is 0 Å². The summed E-state index contributed by atoms with van der Waals surface area (Å²) in [5.41, 5.74) is 0.973. The Morgan fingerprint density at radius 2 is 1.82 bits per heavy atom. The molecule has 2 heterocycles. The van der Waals surface area contributed by atoms with E-state index in [9.17, 15) is 9.59 Å². The summed E-state index contributed by atoms with van der Waals surface area (Å²) in [4.78, 5) is 25.1. The van der Waals surface area contributed by atoms with E-state index >= 15 is 0 Å².